The van der Waals surface area contributed by atoms with Crippen molar-refractivity contribution in [3.05, 3.63) is 95.4 Å². The largest absolute Gasteiger partial charge is 0.419 e. The van der Waals surface area contributed by atoms with Gasteiger partial charge < -0.3 is 19.8 Å². The van der Waals surface area contributed by atoms with E-state index < -0.39 is 5.54 Å². The van der Waals surface area contributed by atoms with Crippen LogP contribution in [0.15, 0.2) is 77.2 Å². The van der Waals surface area contributed by atoms with Crippen molar-refractivity contribution in [3.8, 4) is 28.7 Å². The van der Waals surface area contributed by atoms with Crippen LogP contribution in [0.5, 0.6) is 0 Å². The van der Waals surface area contributed by atoms with Crippen molar-refractivity contribution in [3.63, 3.8) is 0 Å². The van der Waals surface area contributed by atoms with Crippen molar-refractivity contribution in [2.75, 3.05) is 27.3 Å². The normalized spacial score (nSPS) is 12.5. The van der Waals surface area contributed by atoms with Crippen molar-refractivity contribution in [1.29, 1.82) is 5.26 Å². The van der Waals surface area contributed by atoms with E-state index in [1.165, 1.54) is 0 Å². The molecule has 1 aromatic heterocycles. The van der Waals surface area contributed by atoms with Crippen molar-refractivity contribution < 1.29 is 13.9 Å². The van der Waals surface area contributed by atoms with Gasteiger partial charge in [-0.25, -0.2) is 0 Å². The molecule has 8 heteroatoms. The number of amides is 1. The maximum atomic E-state index is 13.3. The molecule has 2 N–H and O–H groups in total. The van der Waals surface area contributed by atoms with Gasteiger partial charge in [-0.2, -0.15) is 5.26 Å². The van der Waals surface area contributed by atoms with E-state index in [4.69, 9.17) is 14.9 Å². The standard InChI is InChI=1S/C29H29N5O3/c1-29(31,18-20-9-5-4-6-10-20)28-33-32-26(37-28)23-15-22(25-12-8-7-11-21(25)19-30)16-24(17-23)27(35)34(2)13-14-36-3/h4-12,15-17H,13-14,18,31H2,1-3H3/t29-/m1/s1. The smallest absolute Gasteiger partial charge is 0.253 e. The number of likely N-dealkylation sites (N-methyl/N-ethyl adjacent to an activating group) is 1. The third kappa shape index (κ3) is 5.92. The summed E-state index contributed by atoms with van der Waals surface area (Å²) in [6.07, 6.45) is 0.513. The molecule has 0 saturated carbocycles. The maximum absolute atomic E-state index is 13.3. The predicted octanol–water partition coefficient (Wildman–Crippen LogP) is 4.41. The molecule has 0 bridgehead atoms. The summed E-state index contributed by atoms with van der Waals surface area (Å²) < 4.78 is 11.2. The lowest BCUT2D eigenvalue weighted by Gasteiger charge is -2.20. The Morgan fingerprint density at radius 1 is 1.08 bits per heavy atom. The Morgan fingerprint density at radius 3 is 2.51 bits per heavy atom. The lowest BCUT2D eigenvalue weighted by Crippen LogP contribution is -2.35. The number of methoxy groups -OCH3 is 1. The number of nitriles is 1. The first kappa shape index (κ1) is 25.8. The first-order valence-corrected chi connectivity index (χ1v) is 11.9. The van der Waals surface area contributed by atoms with Crippen LogP contribution in [0, 0.1) is 11.3 Å². The van der Waals surface area contributed by atoms with Crippen LogP contribution in [-0.4, -0.2) is 48.3 Å². The van der Waals surface area contributed by atoms with Gasteiger partial charge in [0.05, 0.1) is 23.8 Å². The predicted molar refractivity (Wildman–Crippen MR) is 140 cm³/mol. The van der Waals surface area contributed by atoms with Crippen LogP contribution < -0.4 is 5.73 Å². The number of benzene rings is 3. The maximum Gasteiger partial charge on any atom is 0.253 e. The molecule has 0 aliphatic heterocycles. The minimum Gasteiger partial charge on any atom is -0.419 e. The second-order valence-electron chi connectivity index (χ2n) is 9.17. The highest BCUT2D eigenvalue weighted by Gasteiger charge is 2.29. The number of carbonyl (C=O) groups is 1. The molecular formula is C29H29N5O3. The SMILES string of the molecule is COCCN(C)C(=O)c1cc(-c2nnc([C@](C)(N)Cc3ccccc3)o2)cc(-c2ccccc2C#N)c1. The van der Waals surface area contributed by atoms with E-state index in [0.29, 0.717) is 53.3 Å². The Hall–Kier alpha value is -4.32. The van der Waals surface area contributed by atoms with E-state index in [9.17, 15) is 10.1 Å². The number of nitrogens with two attached hydrogens (primary N) is 1. The van der Waals surface area contributed by atoms with Gasteiger partial charge in [-0.05, 0) is 54.3 Å². The molecule has 188 valence electrons. The highest BCUT2D eigenvalue weighted by molar-refractivity contribution is 5.97. The van der Waals surface area contributed by atoms with Gasteiger partial charge in [-0.1, -0.05) is 48.5 Å². The fourth-order valence-electron chi connectivity index (χ4n) is 4.08. The minimum absolute atomic E-state index is 0.193. The number of aromatic nitrogens is 2. The number of hydrogen-bond donors (Lipinski definition) is 1. The molecule has 0 saturated heterocycles. The third-order valence-electron chi connectivity index (χ3n) is 6.09. The molecule has 0 aliphatic carbocycles. The first-order valence-electron chi connectivity index (χ1n) is 11.9. The molecule has 8 nitrogen and oxygen atoms in total. The molecule has 0 unspecified atom stereocenters. The molecule has 4 rings (SSSR count). The van der Waals surface area contributed by atoms with Gasteiger partial charge in [0.25, 0.3) is 5.91 Å². The van der Waals surface area contributed by atoms with E-state index in [1.807, 2.05) is 55.5 Å². The van der Waals surface area contributed by atoms with Crippen molar-refractivity contribution >= 4 is 5.91 Å². The Kier molecular flexibility index (Phi) is 7.77. The molecule has 0 aliphatic rings. The van der Waals surface area contributed by atoms with E-state index in [-0.39, 0.29) is 11.8 Å². The quantitative estimate of drug-likeness (QED) is 0.365. The zero-order valence-electron chi connectivity index (χ0n) is 21.1. The Labute approximate surface area is 216 Å². The molecule has 0 spiro atoms. The molecular weight excluding hydrogens is 466 g/mol. The number of hydrogen-bond acceptors (Lipinski definition) is 7. The van der Waals surface area contributed by atoms with E-state index in [0.717, 1.165) is 5.56 Å². The Morgan fingerprint density at radius 2 is 1.78 bits per heavy atom. The number of nitrogens with zero attached hydrogens (tertiary/aromatic N) is 4. The fourth-order valence-corrected chi connectivity index (χ4v) is 4.08. The van der Waals surface area contributed by atoms with Crippen LogP contribution in [0.25, 0.3) is 22.6 Å². The van der Waals surface area contributed by atoms with Crippen molar-refractivity contribution in [2.24, 2.45) is 5.73 Å². The fraction of sp³-hybridized carbons (Fsp3) is 0.241. The van der Waals surface area contributed by atoms with Gasteiger partial charge in [-0.15, -0.1) is 10.2 Å². The molecule has 1 atom stereocenters. The summed E-state index contributed by atoms with van der Waals surface area (Å²) in [4.78, 5) is 14.8. The first-order chi connectivity index (χ1) is 17.8. The molecule has 0 radical (unpaired) electrons. The minimum atomic E-state index is -0.892. The van der Waals surface area contributed by atoms with Gasteiger partial charge in [0.2, 0.25) is 11.8 Å². The van der Waals surface area contributed by atoms with Gasteiger partial charge >= 0.3 is 0 Å². The van der Waals surface area contributed by atoms with E-state index in [2.05, 4.69) is 16.3 Å². The second-order valence-corrected chi connectivity index (χ2v) is 9.17. The van der Waals surface area contributed by atoms with Crippen LogP contribution in [0.3, 0.4) is 0 Å². The topological polar surface area (TPSA) is 118 Å². The molecule has 1 amide bonds. The van der Waals surface area contributed by atoms with Crippen molar-refractivity contribution in [2.45, 2.75) is 18.9 Å². The number of carbonyl (C=O) groups excluding carboxylic acids is 1. The molecule has 4 aromatic rings. The van der Waals surface area contributed by atoms with Crippen molar-refractivity contribution in [1.82, 2.24) is 15.1 Å². The average molecular weight is 496 g/mol. The number of rotatable bonds is 9. The zero-order chi connectivity index (χ0) is 26.4. The highest BCUT2D eigenvalue weighted by Crippen LogP contribution is 2.32. The molecule has 37 heavy (non-hydrogen) atoms. The van der Waals surface area contributed by atoms with Gasteiger partial charge in [0.15, 0.2) is 0 Å². The Bertz CT molecular complexity index is 1420. The molecule has 1 heterocycles. The summed E-state index contributed by atoms with van der Waals surface area (Å²) in [6.45, 7) is 2.69. The summed E-state index contributed by atoms with van der Waals surface area (Å²) in [5.41, 5.74) is 9.61. The molecule has 3 aromatic carbocycles. The second kappa shape index (κ2) is 11.2. The lowest BCUT2D eigenvalue weighted by molar-refractivity contribution is 0.0744. The summed E-state index contributed by atoms with van der Waals surface area (Å²) in [7, 11) is 3.30. The monoisotopic (exact) mass is 495 g/mol. The summed E-state index contributed by atoms with van der Waals surface area (Å²) in [6, 6.07) is 24.6. The van der Waals surface area contributed by atoms with Crippen LogP contribution >= 0.6 is 0 Å². The Balaban J connectivity index is 1.75. The lowest BCUT2D eigenvalue weighted by atomic mass is 9.94. The average Bonchev–Trinajstić information content (AvgIpc) is 3.43. The summed E-state index contributed by atoms with van der Waals surface area (Å²) in [5, 5.41) is 18.2. The van der Waals surface area contributed by atoms with Crippen LogP contribution in [0.1, 0.15) is 34.3 Å². The highest BCUT2D eigenvalue weighted by atomic mass is 16.5. The van der Waals surface area contributed by atoms with E-state index >= 15 is 0 Å². The van der Waals surface area contributed by atoms with Crippen LogP contribution in [-0.2, 0) is 16.7 Å². The van der Waals surface area contributed by atoms with Crippen LogP contribution in [0.2, 0.25) is 0 Å². The van der Waals surface area contributed by atoms with Gasteiger partial charge in [-0.3, -0.25) is 4.79 Å². The van der Waals surface area contributed by atoms with Gasteiger partial charge in [0, 0.05) is 31.8 Å². The molecule has 0 fully saturated rings. The third-order valence-corrected chi connectivity index (χ3v) is 6.09. The summed E-state index contributed by atoms with van der Waals surface area (Å²) in [5.74, 6) is 0.339. The van der Waals surface area contributed by atoms with Crippen LogP contribution in [0.4, 0.5) is 0 Å². The number of ether oxygens (including phenoxy) is 1. The zero-order valence-corrected chi connectivity index (χ0v) is 21.1. The van der Waals surface area contributed by atoms with Gasteiger partial charge in [0.1, 0.15) is 0 Å². The summed E-state index contributed by atoms with van der Waals surface area (Å²) >= 11 is 0. The van der Waals surface area contributed by atoms with E-state index in [1.54, 1.807) is 43.3 Å².